The van der Waals surface area contributed by atoms with Crippen molar-refractivity contribution >= 4 is 29.4 Å². The number of hydrogen-bond acceptors (Lipinski definition) is 5. The third kappa shape index (κ3) is 5.02. The zero-order valence-electron chi connectivity index (χ0n) is 8.20. The Morgan fingerprint density at radius 3 is 2.27 bits per heavy atom. The summed E-state index contributed by atoms with van der Waals surface area (Å²) >= 11 is 5.21. The van der Waals surface area contributed by atoms with Gasteiger partial charge in [-0.05, 0) is 0 Å². The van der Waals surface area contributed by atoms with Gasteiger partial charge >= 0.3 is 11.9 Å². The molecule has 0 saturated carbocycles. The first-order valence-electron chi connectivity index (χ1n) is 3.79. The maximum Gasteiger partial charge on any atom is 0.354 e. The average molecular weight is 236 g/mol. The van der Waals surface area contributed by atoms with Gasteiger partial charge in [-0.25, -0.2) is 9.59 Å². The number of rotatable bonds is 4. The summed E-state index contributed by atoms with van der Waals surface area (Å²) in [6, 6.07) is 0. The molecule has 1 amide bonds. The second-order valence-corrected chi connectivity index (χ2v) is 2.52. The highest BCUT2D eigenvalue weighted by Crippen LogP contribution is 1.95. The lowest BCUT2D eigenvalue weighted by atomic mass is 10.4. The van der Waals surface area contributed by atoms with E-state index in [1.807, 2.05) is 0 Å². The number of ether oxygens (including phenoxy) is 2. The number of hydrogen-bond donors (Lipinski definition) is 1. The number of carbonyl (C=O) groups is 3. The summed E-state index contributed by atoms with van der Waals surface area (Å²) in [6.45, 7) is 0. The van der Waals surface area contributed by atoms with Crippen molar-refractivity contribution in [3.63, 3.8) is 0 Å². The third-order valence-electron chi connectivity index (χ3n) is 1.26. The Morgan fingerprint density at radius 2 is 1.87 bits per heavy atom. The number of carbonyl (C=O) groups excluding carboxylic acids is 3. The van der Waals surface area contributed by atoms with Gasteiger partial charge < -0.3 is 14.8 Å². The molecule has 0 heterocycles. The third-order valence-corrected chi connectivity index (χ3v) is 1.51. The van der Waals surface area contributed by atoms with Gasteiger partial charge in [0.2, 0.25) is 5.91 Å². The van der Waals surface area contributed by atoms with Gasteiger partial charge in [0, 0.05) is 0 Å². The molecule has 0 bridgehead atoms. The summed E-state index contributed by atoms with van der Waals surface area (Å²) in [6.07, 6.45) is 0.802. The van der Waals surface area contributed by atoms with Crippen molar-refractivity contribution in [2.24, 2.45) is 0 Å². The molecule has 0 aromatic carbocycles. The lowest BCUT2D eigenvalue weighted by Gasteiger charge is -2.05. The van der Waals surface area contributed by atoms with E-state index in [-0.39, 0.29) is 11.6 Å². The second-order valence-electron chi connectivity index (χ2n) is 2.25. The highest BCUT2D eigenvalue weighted by atomic mass is 35.5. The van der Waals surface area contributed by atoms with Crippen molar-refractivity contribution in [2.75, 3.05) is 20.1 Å². The van der Waals surface area contributed by atoms with Crippen LogP contribution in [0.1, 0.15) is 0 Å². The monoisotopic (exact) mass is 235 g/mol. The SMILES string of the molecule is COC(=O)/C=C(/NC(=O)CCl)C(=O)OC. The fourth-order valence-electron chi connectivity index (χ4n) is 0.616. The fourth-order valence-corrected chi connectivity index (χ4v) is 0.683. The summed E-state index contributed by atoms with van der Waals surface area (Å²) in [4.78, 5) is 32.7. The lowest BCUT2D eigenvalue weighted by molar-refractivity contribution is -0.139. The summed E-state index contributed by atoms with van der Waals surface area (Å²) in [5.74, 6) is -2.61. The Balaban J connectivity index is 4.73. The van der Waals surface area contributed by atoms with Crippen LogP contribution in [-0.4, -0.2) is 37.9 Å². The Hall–Kier alpha value is -1.56. The van der Waals surface area contributed by atoms with E-state index < -0.39 is 17.8 Å². The van der Waals surface area contributed by atoms with Gasteiger partial charge in [-0.2, -0.15) is 0 Å². The first kappa shape index (κ1) is 13.4. The fraction of sp³-hybridized carbons (Fsp3) is 0.375. The quantitative estimate of drug-likeness (QED) is 0.406. The highest BCUT2D eigenvalue weighted by molar-refractivity contribution is 6.27. The molecule has 1 N–H and O–H groups in total. The molecule has 7 heteroatoms. The Kier molecular flexibility index (Phi) is 6.12. The van der Waals surface area contributed by atoms with Crippen molar-refractivity contribution in [3.05, 3.63) is 11.8 Å². The normalized spacial score (nSPS) is 10.5. The molecule has 0 radical (unpaired) electrons. The summed E-state index contributed by atoms with van der Waals surface area (Å²) in [5, 5.41) is 2.10. The van der Waals surface area contributed by atoms with Gasteiger partial charge in [-0.15, -0.1) is 11.6 Å². The van der Waals surface area contributed by atoms with E-state index >= 15 is 0 Å². The minimum absolute atomic E-state index is 0.324. The first-order chi connectivity index (χ1) is 7.04. The molecule has 0 rings (SSSR count). The predicted octanol–water partition coefficient (Wildman–Crippen LogP) is -0.429. The van der Waals surface area contributed by atoms with Crippen LogP contribution in [0.15, 0.2) is 11.8 Å². The minimum atomic E-state index is -0.862. The number of methoxy groups -OCH3 is 2. The lowest BCUT2D eigenvalue weighted by Crippen LogP contribution is -2.29. The van der Waals surface area contributed by atoms with Crippen LogP contribution in [0.2, 0.25) is 0 Å². The molecule has 0 atom stereocenters. The van der Waals surface area contributed by atoms with Gasteiger partial charge in [0.25, 0.3) is 0 Å². The molecule has 0 aromatic rings. The Labute approximate surface area is 91.2 Å². The Bertz CT molecular complexity index is 299. The number of alkyl halides is 1. The van der Waals surface area contributed by atoms with Crippen LogP contribution in [0.5, 0.6) is 0 Å². The van der Waals surface area contributed by atoms with Gasteiger partial charge in [0.15, 0.2) is 0 Å². The van der Waals surface area contributed by atoms with Crippen molar-refractivity contribution in [1.82, 2.24) is 5.32 Å². The van der Waals surface area contributed by atoms with Crippen molar-refractivity contribution < 1.29 is 23.9 Å². The molecule has 6 nitrogen and oxygen atoms in total. The smallest absolute Gasteiger partial charge is 0.354 e. The molecule has 0 fully saturated rings. The Morgan fingerprint density at radius 1 is 1.27 bits per heavy atom. The molecule has 0 aliphatic rings. The zero-order valence-corrected chi connectivity index (χ0v) is 8.96. The molecule has 0 spiro atoms. The average Bonchev–Trinajstić information content (AvgIpc) is 2.26. The van der Waals surface area contributed by atoms with Crippen molar-refractivity contribution in [2.45, 2.75) is 0 Å². The maximum absolute atomic E-state index is 11.1. The van der Waals surface area contributed by atoms with Crippen LogP contribution in [0.4, 0.5) is 0 Å². The van der Waals surface area contributed by atoms with Crippen LogP contribution in [-0.2, 0) is 23.9 Å². The number of amides is 1. The van der Waals surface area contributed by atoms with Crippen LogP contribution < -0.4 is 5.32 Å². The van der Waals surface area contributed by atoms with Gasteiger partial charge in [0.05, 0.1) is 20.3 Å². The van der Waals surface area contributed by atoms with Crippen molar-refractivity contribution in [3.8, 4) is 0 Å². The van der Waals surface area contributed by atoms with Crippen LogP contribution in [0.25, 0.3) is 0 Å². The van der Waals surface area contributed by atoms with E-state index in [1.165, 1.54) is 0 Å². The molecule has 15 heavy (non-hydrogen) atoms. The predicted molar refractivity (Wildman–Crippen MR) is 51.0 cm³/mol. The van der Waals surface area contributed by atoms with Gasteiger partial charge in [0.1, 0.15) is 11.6 Å². The van der Waals surface area contributed by atoms with E-state index in [0.29, 0.717) is 0 Å². The van der Waals surface area contributed by atoms with Crippen LogP contribution in [0, 0.1) is 0 Å². The summed E-state index contributed by atoms with van der Waals surface area (Å²) in [5.41, 5.74) is -0.324. The summed E-state index contributed by atoms with van der Waals surface area (Å²) < 4.78 is 8.61. The van der Waals surface area contributed by atoms with Crippen LogP contribution in [0.3, 0.4) is 0 Å². The van der Waals surface area contributed by atoms with E-state index in [9.17, 15) is 14.4 Å². The highest BCUT2D eigenvalue weighted by Gasteiger charge is 2.14. The van der Waals surface area contributed by atoms with Crippen molar-refractivity contribution in [1.29, 1.82) is 0 Å². The second kappa shape index (κ2) is 6.83. The number of esters is 2. The van der Waals surface area contributed by atoms with Gasteiger partial charge in [-0.3, -0.25) is 4.79 Å². The largest absolute Gasteiger partial charge is 0.466 e. The topological polar surface area (TPSA) is 81.7 Å². The number of halogens is 1. The van der Waals surface area contributed by atoms with E-state index in [4.69, 9.17) is 11.6 Å². The minimum Gasteiger partial charge on any atom is -0.466 e. The maximum atomic E-state index is 11.1. The van der Waals surface area contributed by atoms with Gasteiger partial charge in [-0.1, -0.05) is 0 Å². The van der Waals surface area contributed by atoms with E-state index in [0.717, 1.165) is 20.3 Å². The summed E-state index contributed by atoms with van der Waals surface area (Å²) in [7, 11) is 2.25. The molecule has 0 aliphatic heterocycles. The molecular formula is C8H10ClNO5. The molecule has 0 saturated heterocycles. The van der Waals surface area contributed by atoms with E-state index in [1.54, 1.807) is 0 Å². The standard InChI is InChI=1S/C8H10ClNO5/c1-14-7(12)3-5(8(13)15-2)10-6(11)4-9/h3H,4H2,1-2H3,(H,10,11)/b5-3+. The van der Waals surface area contributed by atoms with Crippen LogP contribution >= 0.6 is 11.6 Å². The number of nitrogens with one attached hydrogen (secondary N) is 1. The molecular weight excluding hydrogens is 226 g/mol. The van der Waals surface area contributed by atoms with E-state index in [2.05, 4.69) is 14.8 Å². The first-order valence-corrected chi connectivity index (χ1v) is 4.32. The zero-order chi connectivity index (χ0) is 11.8. The molecule has 84 valence electrons. The molecule has 0 aliphatic carbocycles. The molecule has 0 aromatic heterocycles. The molecule has 0 unspecified atom stereocenters.